The Morgan fingerprint density at radius 2 is 2.14 bits per heavy atom. The molecule has 0 spiro atoms. The minimum absolute atomic E-state index is 0.201. The number of rotatable bonds is 4. The van der Waals surface area contributed by atoms with Crippen LogP contribution < -0.4 is 10.6 Å². The highest BCUT2D eigenvalue weighted by molar-refractivity contribution is 6.30. The molecule has 0 radical (unpaired) electrons. The van der Waals surface area contributed by atoms with Gasteiger partial charge in [0.25, 0.3) is 0 Å². The molecule has 1 aliphatic rings. The molecule has 1 aromatic rings. The van der Waals surface area contributed by atoms with Gasteiger partial charge in [-0.3, -0.25) is 0 Å². The molecule has 2 unspecified atom stereocenters. The molecule has 2 N–H and O–H groups in total. The maximum absolute atomic E-state index is 6.21. The fourth-order valence-corrected chi connectivity index (χ4v) is 3.35. The average molecular weight is 310 g/mol. The summed E-state index contributed by atoms with van der Waals surface area (Å²) < 4.78 is 0. The molecule has 21 heavy (non-hydrogen) atoms. The highest BCUT2D eigenvalue weighted by Crippen LogP contribution is 2.28. The van der Waals surface area contributed by atoms with Crippen molar-refractivity contribution in [1.29, 1.82) is 0 Å². The van der Waals surface area contributed by atoms with Gasteiger partial charge in [0.1, 0.15) is 0 Å². The monoisotopic (exact) mass is 309 g/mol. The molecule has 1 aliphatic heterocycles. The van der Waals surface area contributed by atoms with Gasteiger partial charge in [-0.15, -0.1) is 0 Å². The van der Waals surface area contributed by atoms with Crippen LogP contribution in [0, 0.1) is 0 Å². The number of halogens is 1. The van der Waals surface area contributed by atoms with Crippen LogP contribution in [-0.4, -0.2) is 43.7 Å². The van der Waals surface area contributed by atoms with Crippen molar-refractivity contribution < 1.29 is 0 Å². The normalized spacial score (nSPS) is 22.1. The van der Waals surface area contributed by atoms with Gasteiger partial charge in [-0.1, -0.05) is 18.5 Å². The fourth-order valence-electron chi connectivity index (χ4n) is 3.15. The summed E-state index contributed by atoms with van der Waals surface area (Å²) >= 11 is 6.21. The Balaban J connectivity index is 2.28. The van der Waals surface area contributed by atoms with Gasteiger partial charge in [-0.25, -0.2) is 0 Å². The van der Waals surface area contributed by atoms with E-state index >= 15 is 0 Å². The Labute approximate surface area is 134 Å². The molecule has 118 valence electrons. The van der Waals surface area contributed by atoms with Crippen molar-refractivity contribution in [3.05, 3.63) is 28.8 Å². The summed E-state index contributed by atoms with van der Waals surface area (Å²) in [5.41, 5.74) is 8.77. The zero-order chi connectivity index (χ0) is 15.4. The van der Waals surface area contributed by atoms with Crippen LogP contribution in [0.4, 0.5) is 5.69 Å². The topological polar surface area (TPSA) is 32.5 Å². The van der Waals surface area contributed by atoms with E-state index in [1.54, 1.807) is 0 Å². The number of hydrogen-bond acceptors (Lipinski definition) is 3. The molecule has 1 heterocycles. The van der Waals surface area contributed by atoms with Crippen molar-refractivity contribution in [3.8, 4) is 0 Å². The van der Waals surface area contributed by atoms with E-state index in [0.29, 0.717) is 6.04 Å². The molecule has 0 amide bonds. The molecule has 1 saturated heterocycles. The second-order valence-electron chi connectivity index (χ2n) is 6.30. The molecule has 0 bridgehead atoms. The van der Waals surface area contributed by atoms with Crippen LogP contribution in [0.25, 0.3) is 0 Å². The maximum atomic E-state index is 6.21. The van der Waals surface area contributed by atoms with E-state index < -0.39 is 0 Å². The first-order valence-electron chi connectivity index (χ1n) is 8.00. The summed E-state index contributed by atoms with van der Waals surface area (Å²) in [6, 6.07) is 6.97. The van der Waals surface area contributed by atoms with Crippen molar-refractivity contribution in [2.75, 3.05) is 31.6 Å². The molecule has 0 aromatic heterocycles. The molecule has 0 saturated carbocycles. The number of anilines is 1. The Kier molecular flexibility index (Phi) is 5.91. The van der Waals surface area contributed by atoms with Crippen LogP contribution in [0.3, 0.4) is 0 Å². The molecule has 2 rings (SSSR count). The summed E-state index contributed by atoms with van der Waals surface area (Å²) in [7, 11) is 2.20. The van der Waals surface area contributed by atoms with E-state index in [2.05, 4.69) is 42.8 Å². The van der Waals surface area contributed by atoms with E-state index in [0.717, 1.165) is 37.5 Å². The van der Waals surface area contributed by atoms with E-state index in [9.17, 15) is 0 Å². The van der Waals surface area contributed by atoms with Gasteiger partial charge in [0, 0.05) is 35.9 Å². The third-order valence-corrected chi connectivity index (χ3v) is 4.64. The summed E-state index contributed by atoms with van der Waals surface area (Å²) in [6.45, 7) is 7.81. The predicted octanol–water partition coefficient (Wildman–Crippen LogP) is 3.15. The second kappa shape index (κ2) is 7.48. The van der Waals surface area contributed by atoms with Crippen LogP contribution in [0.15, 0.2) is 18.2 Å². The molecular weight excluding hydrogens is 282 g/mol. The highest BCUT2D eigenvalue weighted by Gasteiger charge is 2.22. The van der Waals surface area contributed by atoms with E-state index in [4.69, 9.17) is 17.3 Å². The Hall–Kier alpha value is -0.770. The lowest BCUT2D eigenvalue weighted by molar-refractivity contribution is 0.337. The van der Waals surface area contributed by atoms with Crippen LogP contribution in [0.5, 0.6) is 0 Å². The Bertz CT molecular complexity index is 463. The standard InChI is InChI=1S/C17H28ClN3/c1-4-16(19)11-14-10-15(18)6-7-17(14)21-9-5-8-20(3)12-13(21)2/h6-7,10,13,16H,4-5,8-9,11-12,19H2,1-3H3. The minimum Gasteiger partial charge on any atom is -0.367 e. The lowest BCUT2D eigenvalue weighted by Crippen LogP contribution is -2.38. The number of hydrogen-bond donors (Lipinski definition) is 1. The largest absolute Gasteiger partial charge is 0.367 e. The number of nitrogens with zero attached hydrogens (tertiary/aromatic N) is 2. The molecule has 2 atom stereocenters. The number of nitrogens with two attached hydrogens (primary N) is 1. The first kappa shape index (κ1) is 16.6. The van der Waals surface area contributed by atoms with E-state index in [1.807, 2.05) is 6.07 Å². The molecule has 4 heteroatoms. The van der Waals surface area contributed by atoms with Gasteiger partial charge in [0.15, 0.2) is 0 Å². The first-order chi connectivity index (χ1) is 10.0. The third-order valence-electron chi connectivity index (χ3n) is 4.40. The minimum atomic E-state index is 0.201. The summed E-state index contributed by atoms with van der Waals surface area (Å²) in [4.78, 5) is 4.94. The molecule has 1 aromatic carbocycles. The Morgan fingerprint density at radius 1 is 1.38 bits per heavy atom. The maximum Gasteiger partial charge on any atom is 0.0410 e. The summed E-state index contributed by atoms with van der Waals surface area (Å²) in [5.74, 6) is 0. The van der Waals surface area contributed by atoms with Crippen LogP contribution in [0.2, 0.25) is 5.02 Å². The highest BCUT2D eigenvalue weighted by atomic mass is 35.5. The van der Waals surface area contributed by atoms with E-state index in [-0.39, 0.29) is 6.04 Å². The Morgan fingerprint density at radius 3 is 2.86 bits per heavy atom. The lowest BCUT2D eigenvalue weighted by Gasteiger charge is -2.32. The zero-order valence-electron chi connectivity index (χ0n) is 13.5. The first-order valence-corrected chi connectivity index (χ1v) is 8.38. The van der Waals surface area contributed by atoms with Crippen molar-refractivity contribution in [3.63, 3.8) is 0 Å². The van der Waals surface area contributed by atoms with Gasteiger partial charge < -0.3 is 15.5 Å². The molecular formula is C17H28ClN3. The lowest BCUT2D eigenvalue weighted by atomic mass is 10.0. The average Bonchev–Trinajstić information content (AvgIpc) is 2.60. The second-order valence-corrected chi connectivity index (χ2v) is 6.74. The predicted molar refractivity (Wildman–Crippen MR) is 92.3 cm³/mol. The molecule has 1 fully saturated rings. The fraction of sp³-hybridized carbons (Fsp3) is 0.647. The summed E-state index contributed by atoms with van der Waals surface area (Å²) in [5, 5.41) is 0.802. The number of benzene rings is 1. The van der Waals surface area contributed by atoms with Crippen molar-refractivity contribution in [2.24, 2.45) is 5.73 Å². The summed E-state index contributed by atoms with van der Waals surface area (Å²) in [6.07, 6.45) is 3.08. The molecule has 0 aliphatic carbocycles. The SMILES string of the molecule is CCC(N)Cc1cc(Cl)ccc1N1CCCN(C)CC1C. The smallest absolute Gasteiger partial charge is 0.0410 e. The van der Waals surface area contributed by atoms with Gasteiger partial charge in [0.2, 0.25) is 0 Å². The van der Waals surface area contributed by atoms with Gasteiger partial charge in [-0.05, 0) is 63.5 Å². The van der Waals surface area contributed by atoms with Crippen LogP contribution in [-0.2, 0) is 6.42 Å². The van der Waals surface area contributed by atoms with Crippen LogP contribution >= 0.6 is 11.6 Å². The van der Waals surface area contributed by atoms with E-state index in [1.165, 1.54) is 17.7 Å². The zero-order valence-corrected chi connectivity index (χ0v) is 14.2. The van der Waals surface area contributed by atoms with Crippen LogP contribution in [0.1, 0.15) is 32.3 Å². The molecule has 3 nitrogen and oxygen atoms in total. The van der Waals surface area contributed by atoms with Crippen molar-refractivity contribution in [1.82, 2.24) is 4.90 Å². The number of likely N-dealkylation sites (N-methyl/N-ethyl adjacent to an activating group) is 1. The quantitative estimate of drug-likeness (QED) is 0.927. The van der Waals surface area contributed by atoms with Gasteiger partial charge >= 0.3 is 0 Å². The third kappa shape index (κ3) is 4.35. The van der Waals surface area contributed by atoms with Crippen molar-refractivity contribution in [2.45, 2.75) is 45.2 Å². The van der Waals surface area contributed by atoms with Gasteiger partial charge in [-0.2, -0.15) is 0 Å². The van der Waals surface area contributed by atoms with Gasteiger partial charge in [0.05, 0.1) is 0 Å². The van der Waals surface area contributed by atoms with Crippen molar-refractivity contribution >= 4 is 17.3 Å².